The average Bonchev–Trinajstić information content (AvgIpc) is 2.47. The number of aliphatic hydroxyl groups is 1. The number of hydrogen-bond acceptors (Lipinski definition) is 4. The number of aryl methyl sites for hydroxylation is 2. The third-order valence-electron chi connectivity index (χ3n) is 2.84. The number of carboxylic acids is 1. The molecule has 0 saturated heterocycles. The highest BCUT2D eigenvalue weighted by Crippen LogP contribution is 2.39. The molecular weight excluding hydrogens is 198 g/mol. The Hall–Kier alpha value is -1.36. The standard InChI is InChI=1S/C10H13NO4/c1-6-9-7(15-11-6)3-2-4-10(9,14)5-8(12)13/h14H,2-5H2,1H3,(H,12,13). The molecule has 0 aliphatic heterocycles. The van der Waals surface area contributed by atoms with Crippen molar-refractivity contribution in [1.29, 1.82) is 0 Å². The van der Waals surface area contributed by atoms with Crippen molar-refractivity contribution in [3.63, 3.8) is 0 Å². The van der Waals surface area contributed by atoms with Crippen LogP contribution >= 0.6 is 0 Å². The van der Waals surface area contributed by atoms with Crippen LogP contribution in [0.2, 0.25) is 0 Å². The maximum absolute atomic E-state index is 10.7. The zero-order valence-corrected chi connectivity index (χ0v) is 8.49. The minimum Gasteiger partial charge on any atom is -0.481 e. The third kappa shape index (κ3) is 1.63. The number of carboxylic acid groups (broad SMARTS) is 1. The summed E-state index contributed by atoms with van der Waals surface area (Å²) in [5.74, 6) is -0.381. The number of rotatable bonds is 2. The highest BCUT2D eigenvalue weighted by atomic mass is 16.5. The highest BCUT2D eigenvalue weighted by molar-refractivity contribution is 5.69. The van der Waals surface area contributed by atoms with Gasteiger partial charge in [0.2, 0.25) is 0 Å². The lowest BCUT2D eigenvalue weighted by atomic mass is 9.79. The predicted octanol–water partition coefficient (Wildman–Crippen LogP) is 0.982. The Morgan fingerprint density at radius 1 is 1.67 bits per heavy atom. The van der Waals surface area contributed by atoms with Crippen molar-refractivity contribution in [2.75, 3.05) is 0 Å². The molecule has 0 saturated carbocycles. The second kappa shape index (κ2) is 3.34. The van der Waals surface area contributed by atoms with Gasteiger partial charge >= 0.3 is 5.97 Å². The molecule has 15 heavy (non-hydrogen) atoms. The van der Waals surface area contributed by atoms with Gasteiger partial charge in [-0.3, -0.25) is 4.79 Å². The van der Waals surface area contributed by atoms with Crippen LogP contribution in [0.1, 0.15) is 36.3 Å². The Labute approximate surface area is 86.7 Å². The predicted molar refractivity (Wildman–Crippen MR) is 50.3 cm³/mol. The summed E-state index contributed by atoms with van der Waals surface area (Å²) in [6.45, 7) is 1.72. The van der Waals surface area contributed by atoms with E-state index < -0.39 is 11.6 Å². The minimum absolute atomic E-state index is 0.290. The van der Waals surface area contributed by atoms with Gasteiger partial charge in [-0.2, -0.15) is 0 Å². The van der Waals surface area contributed by atoms with E-state index in [0.29, 0.717) is 23.4 Å². The Balaban J connectivity index is 2.43. The van der Waals surface area contributed by atoms with Gasteiger partial charge in [-0.15, -0.1) is 0 Å². The number of nitrogens with zero attached hydrogens (tertiary/aromatic N) is 1. The van der Waals surface area contributed by atoms with Crippen LogP contribution < -0.4 is 0 Å². The van der Waals surface area contributed by atoms with E-state index in [2.05, 4.69) is 5.16 Å². The molecule has 1 atom stereocenters. The summed E-state index contributed by atoms with van der Waals surface area (Å²) < 4.78 is 5.06. The van der Waals surface area contributed by atoms with E-state index >= 15 is 0 Å². The van der Waals surface area contributed by atoms with Crippen LogP contribution in [0.5, 0.6) is 0 Å². The van der Waals surface area contributed by atoms with Crippen molar-refractivity contribution in [1.82, 2.24) is 5.16 Å². The zero-order valence-electron chi connectivity index (χ0n) is 8.49. The third-order valence-corrected chi connectivity index (χ3v) is 2.84. The van der Waals surface area contributed by atoms with E-state index in [1.165, 1.54) is 0 Å². The zero-order chi connectivity index (χ0) is 11.1. The van der Waals surface area contributed by atoms with E-state index in [1.807, 2.05) is 0 Å². The Kier molecular flexibility index (Phi) is 2.26. The van der Waals surface area contributed by atoms with Crippen molar-refractivity contribution >= 4 is 5.97 Å². The second-order valence-corrected chi connectivity index (χ2v) is 4.02. The molecule has 5 nitrogen and oxygen atoms in total. The fraction of sp³-hybridized carbons (Fsp3) is 0.600. The lowest BCUT2D eigenvalue weighted by molar-refractivity contribution is -0.143. The van der Waals surface area contributed by atoms with Gasteiger partial charge in [-0.1, -0.05) is 5.16 Å². The molecule has 0 amide bonds. The maximum atomic E-state index is 10.7. The van der Waals surface area contributed by atoms with Gasteiger partial charge in [-0.05, 0) is 19.8 Å². The van der Waals surface area contributed by atoms with Crippen LogP contribution in [0.3, 0.4) is 0 Å². The largest absolute Gasteiger partial charge is 0.481 e. The maximum Gasteiger partial charge on any atom is 0.306 e. The van der Waals surface area contributed by atoms with Crippen LogP contribution in [0.25, 0.3) is 0 Å². The quantitative estimate of drug-likeness (QED) is 0.761. The second-order valence-electron chi connectivity index (χ2n) is 4.02. The molecule has 0 aromatic carbocycles. The van der Waals surface area contributed by atoms with Crippen molar-refractivity contribution < 1.29 is 19.5 Å². The lowest BCUT2D eigenvalue weighted by Gasteiger charge is -2.30. The first-order valence-electron chi connectivity index (χ1n) is 4.93. The molecule has 0 spiro atoms. The van der Waals surface area contributed by atoms with Gasteiger partial charge in [0.1, 0.15) is 11.4 Å². The highest BCUT2D eigenvalue weighted by Gasteiger charge is 2.40. The first kappa shape index (κ1) is 10.2. The van der Waals surface area contributed by atoms with E-state index in [0.717, 1.165) is 12.8 Å². The lowest BCUT2D eigenvalue weighted by Crippen LogP contribution is -2.33. The van der Waals surface area contributed by atoms with Gasteiger partial charge in [-0.25, -0.2) is 0 Å². The summed E-state index contributed by atoms with van der Waals surface area (Å²) in [6, 6.07) is 0. The summed E-state index contributed by atoms with van der Waals surface area (Å²) in [5.41, 5.74) is -0.131. The number of aliphatic carboxylic acids is 1. The van der Waals surface area contributed by atoms with E-state index in [9.17, 15) is 9.90 Å². The van der Waals surface area contributed by atoms with E-state index in [-0.39, 0.29) is 6.42 Å². The fourth-order valence-electron chi connectivity index (χ4n) is 2.28. The molecule has 0 bridgehead atoms. The Morgan fingerprint density at radius 2 is 2.40 bits per heavy atom. The first-order chi connectivity index (χ1) is 7.03. The summed E-state index contributed by atoms with van der Waals surface area (Å²) >= 11 is 0. The monoisotopic (exact) mass is 211 g/mol. The van der Waals surface area contributed by atoms with Gasteiger partial charge < -0.3 is 14.7 Å². The number of fused-ring (bicyclic) bond motifs is 1. The topological polar surface area (TPSA) is 83.6 Å². The first-order valence-corrected chi connectivity index (χ1v) is 4.93. The Bertz CT molecular complexity index is 398. The molecular formula is C10H13NO4. The molecule has 0 fully saturated rings. The van der Waals surface area contributed by atoms with Gasteiger partial charge in [0, 0.05) is 12.0 Å². The van der Waals surface area contributed by atoms with Crippen LogP contribution in [0.4, 0.5) is 0 Å². The summed E-state index contributed by atoms with van der Waals surface area (Å²) in [5, 5.41) is 22.8. The SMILES string of the molecule is Cc1noc2c1C(O)(CC(=O)O)CCC2. The molecule has 1 aromatic rings. The van der Waals surface area contributed by atoms with Crippen molar-refractivity contribution in [3.05, 3.63) is 17.0 Å². The molecule has 5 heteroatoms. The fourth-order valence-corrected chi connectivity index (χ4v) is 2.28. The number of hydrogen-bond donors (Lipinski definition) is 2. The number of aromatic nitrogens is 1. The molecule has 0 radical (unpaired) electrons. The summed E-state index contributed by atoms with van der Waals surface area (Å²) in [6.07, 6.45) is 1.61. The molecule has 82 valence electrons. The molecule has 1 aromatic heterocycles. The molecule has 1 unspecified atom stereocenters. The van der Waals surface area contributed by atoms with Gasteiger partial charge in [0.15, 0.2) is 0 Å². The van der Waals surface area contributed by atoms with Crippen molar-refractivity contribution in [2.45, 2.75) is 38.2 Å². The summed E-state index contributed by atoms with van der Waals surface area (Å²) in [4.78, 5) is 10.7. The number of carbonyl (C=O) groups is 1. The van der Waals surface area contributed by atoms with Crippen LogP contribution in [-0.2, 0) is 16.8 Å². The minimum atomic E-state index is -1.30. The van der Waals surface area contributed by atoms with Crippen LogP contribution in [0, 0.1) is 6.92 Å². The smallest absolute Gasteiger partial charge is 0.306 e. The normalized spacial score (nSPS) is 24.9. The Morgan fingerprint density at radius 3 is 3.07 bits per heavy atom. The molecule has 1 aliphatic rings. The van der Waals surface area contributed by atoms with Crippen molar-refractivity contribution in [2.24, 2.45) is 0 Å². The molecule has 2 N–H and O–H groups in total. The van der Waals surface area contributed by atoms with E-state index in [1.54, 1.807) is 6.92 Å². The van der Waals surface area contributed by atoms with Crippen LogP contribution in [0.15, 0.2) is 4.52 Å². The van der Waals surface area contributed by atoms with Gasteiger partial charge in [0.05, 0.1) is 12.1 Å². The molecule has 1 heterocycles. The average molecular weight is 211 g/mol. The molecule has 2 rings (SSSR count). The summed E-state index contributed by atoms with van der Waals surface area (Å²) in [7, 11) is 0. The molecule has 1 aliphatic carbocycles. The van der Waals surface area contributed by atoms with Crippen molar-refractivity contribution in [3.8, 4) is 0 Å². The van der Waals surface area contributed by atoms with E-state index in [4.69, 9.17) is 9.63 Å². The van der Waals surface area contributed by atoms with Crippen LogP contribution in [-0.4, -0.2) is 21.3 Å². The van der Waals surface area contributed by atoms with Gasteiger partial charge in [0.25, 0.3) is 0 Å².